The van der Waals surface area contributed by atoms with E-state index in [2.05, 4.69) is 10.2 Å². The second kappa shape index (κ2) is 3.07. The van der Waals surface area contributed by atoms with Crippen molar-refractivity contribution in [1.29, 1.82) is 0 Å². The lowest BCUT2D eigenvalue weighted by Crippen LogP contribution is -2.14. The third-order valence-corrected chi connectivity index (χ3v) is 2.58. The Hall–Kier alpha value is -1.40. The number of H-pyrrole nitrogens is 1. The molecule has 0 aliphatic carbocycles. The lowest BCUT2D eigenvalue weighted by Gasteiger charge is -1.94. The summed E-state index contributed by atoms with van der Waals surface area (Å²) >= 11 is 0. The van der Waals surface area contributed by atoms with Crippen LogP contribution in [0.2, 0.25) is 0 Å². The van der Waals surface area contributed by atoms with E-state index < -0.39 is 10.0 Å². The van der Waals surface area contributed by atoms with Gasteiger partial charge in [0.05, 0.1) is 11.2 Å². The fourth-order valence-corrected chi connectivity index (χ4v) is 1.95. The van der Waals surface area contributed by atoms with Crippen molar-refractivity contribution in [3.63, 3.8) is 0 Å². The lowest BCUT2D eigenvalue weighted by atomic mass is 10.2. The Labute approximate surface area is 81.0 Å². The number of aromatic amines is 1. The molecule has 0 bridgehead atoms. The van der Waals surface area contributed by atoms with Crippen LogP contribution >= 0.6 is 0 Å². The second-order valence-corrected chi connectivity index (χ2v) is 4.64. The summed E-state index contributed by atoms with van der Waals surface area (Å²) in [6.45, 7) is 0. The minimum absolute atomic E-state index is 0.215. The summed E-state index contributed by atoms with van der Waals surface area (Å²) in [6.07, 6.45) is 0. The molecule has 0 aliphatic heterocycles. The predicted octanol–water partition coefficient (Wildman–Crippen LogP) is 0.351. The van der Waals surface area contributed by atoms with Gasteiger partial charge in [0.1, 0.15) is 5.75 Å². The number of sulfonamides is 1. The molecule has 14 heavy (non-hydrogen) atoms. The maximum atomic E-state index is 10.9. The number of benzene rings is 1. The zero-order valence-corrected chi connectivity index (χ0v) is 8.08. The van der Waals surface area contributed by atoms with Gasteiger partial charge in [0, 0.05) is 5.39 Å². The van der Waals surface area contributed by atoms with Gasteiger partial charge >= 0.3 is 0 Å². The molecule has 0 spiro atoms. The van der Waals surface area contributed by atoms with E-state index in [9.17, 15) is 8.42 Å². The molecule has 0 aliphatic rings. The molecule has 5 nitrogen and oxygen atoms in total. The monoisotopic (exact) mass is 211 g/mol. The molecule has 3 N–H and O–H groups in total. The largest absolute Gasteiger partial charge is 0.280 e. The minimum Gasteiger partial charge on any atom is -0.280 e. The summed E-state index contributed by atoms with van der Waals surface area (Å²) in [5, 5.41) is 12.4. The molecule has 0 unspecified atom stereocenters. The van der Waals surface area contributed by atoms with Gasteiger partial charge in [-0.1, -0.05) is 18.2 Å². The van der Waals surface area contributed by atoms with Gasteiger partial charge in [0.2, 0.25) is 10.0 Å². The van der Waals surface area contributed by atoms with Gasteiger partial charge in [-0.3, -0.25) is 5.10 Å². The molecule has 0 saturated carbocycles. The van der Waals surface area contributed by atoms with E-state index in [1.165, 1.54) is 0 Å². The molecule has 0 fully saturated rings. The van der Waals surface area contributed by atoms with Crippen LogP contribution in [-0.4, -0.2) is 18.6 Å². The average Bonchev–Trinajstić information content (AvgIpc) is 2.47. The van der Waals surface area contributed by atoms with Crippen molar-refractivity contribution < 1.29 is 8.42 Å². The van der Waals surface area contributed by atoms with Gasteiger partial charge in [-0.05, 0) is 6.07 Å². The summed E-state index contributed by atoms with van der Waals surface area (Å²) in [5.41, 5.74) is 1.27. The maximum absolute atomic E-state index is 10.9. The average molecular weight is 211 g/mol. The second-order valence-electron chi connectivity index (χ2n) is 3.03. The topological polar surface area (TPSA) is 88.8 Å². The van der Waals surface area contributed by atoms with Crippen LogP contribution in [0, 0.1) is 0 Å². The smallest absolute Gasteiger partial charge is 0.214 e. The number of nitrogens with two attached hydrogens (primary N) is 1. The predicted molar refractivity (Wildman–Crippen MR) is 52.9 cm³/mol. The minimum atomic E-state index is -3.51. The Bertz CT molecular complexity index is 559. The number of nitrogens with one attached hydrogen (secondary N) is 1. The highest BCUT2D eigenvalue weighted by molar-refractivity contribution is 7.88. The number of aromatic nitrogens is 2. The summed E-state index contributed by atoms with van der Waals surface area (Å²) in [7, 11) is -3.51. The molecule has 1 aromatic heterocycles. The van der Waals surface area contributed by atoms with Gasteiger partial charge in [-0.25, -0.2) is 13.6 Å². The van der Waals surface area contributed by atoms with E-state index in [0.717, 1.165) is 10.9 Å². The Morgan fingerprint density at radius 1 is 1.36 bits per heavy atom. The zero-order chi connectivity index (χ0) is 10.2. The highest BCUT2D eigenvalue weighted by Crippen LogP contribution is 2.16. The van der Waals surface area contributed by atoms with E-state index >= 15 is 0 Å². The van der Waals surface area contributed by atoms with Crippen LogP contribution in [0.15, 0.2) is 24.3 Å². The van der Waals surface area contributed by atoms with Crippen LogP contribution < -0.4 is 5.14 Å². The molecule has 1 heterocycles. The molecule has 2 aromatic rings. The molecular weight excluding hydrogens is 202 g/mol. The fourth-order valence-electron chi connectivity index (χ4n) is 1.33. The fraction of sp³-hybridized carbons (Fsp3) is 0.125. The molecule has 74 valence electrons. The van der Waals surface area contributed by atoms with Gasteiger partial charge in [-0.2, -0.15) is 5.10 Å². The van der Waals surface area contributed by atoms with Crippen molar-refractivity contribution in [3.05, 3.63) is 30.0 Å². The van der Waals surface area contributed by atoms with E-state index in [4.69, 9.17) is 5.14 Å². The van der Waals surface area contributed by atoms with Crippen molar-refractivity contribution in [2.45, 2.75) is 5.75 Å². The summed E-state index contributed by atoms with van der Waals surface area (Å²) in [5.74, 6) is -0.215. The van der Waals surface area contributed by atoms with Crippen LogP contribution in [0.5, 0.6) is 0 Å². The molecule has 0 saturated heterocycles. The maximum Gasteiger partial charge on any atom is 0.214 e. The van der Waals surface area contributed by atoms with E-state index in [1.807, 2.05) is 12.1 Å². The number of nitrogens with zero attached hydrogens (tertiary/aromatic N) is 1. The highest BCUT2D eigenvalue weighted by atomic mass is 32.2. The van der Waals surface area contributed by atoms with Gasteiger partial charge < -0.3 is 0 Å². The SMILES string of the molecule is NS(=O)(=O)Cc1[nH]nc2ccccc12. The number of hydrogen-bond acceptors (Lipinski definition) is 3. The van der Waals surface area contributed by atoms with Gasteiger partial charge in [0.25, 0.3) is 0 Å². The zero-order valence-electron chi connectivity index (χ0n) is 7.27. The van der Waals surface area contributed by atoms with Crippen LogP contribution in [0.3, 0.4) is 0 Å². The van der Waals surface area contributed by atoms with Crippen LogP contribution in [0.1, 0.15) is 5.69 Å². The lowest BCUT2D eigenvalue weighted by molar-refractivity contribution is 0.596. The number of rotatable bonds is 2. The molecule has 0 amide bonds. The van der Waals surface area contributed by atoms with E-state index in [0.29, 0.717) is 5.69 Å². The number of hydrogen-bond donors (Lipinski definition) is 2. The van der Waals surface area contributed by atoms with Crippen molar-refractivity contribution in [3.8, 4) is 0 Å². The first-order valence-corrected chi connectivity index (χ1v) is 5.70. The number of para-hydroxylation sites is 1. The van der Waals surface area contributed by atoms with Crippen LogP contribution in [0.4, 0.5) is 0 Å². The van der Waals surface area contributed by atoms with Gasteiger partial charge in [-0.15, -0.1) is 0 Å². The Balaban J connectivity index is 2.54. The summed E-state index contributed by atoms with van der Waals surface area (Å²) in [4.78, 5) is 0. The Morgan fingerprint density at radius 3 is 2.79 bits per heavy atom. The quantitative estimate of drug-likeness (QED) is 0.751. The molecular formula is C8H9N3O2S. The number of fused-ring (bicyclic) bond motifs is 1. The third kappa shape index (κ3) is 1.75. The first-order valence-electron chi connectivity index (χ1n) is 3.99. The van der Waals surface area contributed by atoms with Crippen LogP contribution in [0.25, 0.3) is 10.9 Å². The van der Waals surface area contributed by atoms with E-state index in [1.54, 1.807) is 12.1 Å². The Kier molecular flexibility index (Phi) is 2.01. The third-order valence-electron chi connectivity index (χ3n) is 1.89. The summed E-state index contributed by atoms with van der Waals surface area (Å²) in [6, 6.07) is 7.27. The first-order chi connectivity index (χ1) is 6.56. The normalized spacial score (nSPS) is 12.1. The van der Waals surface area contributed by atoms with Crippen molar-refractivity contribution in [1.82, 2.24) is 10.2 Å². The molecule has 2 rings (SSSR count). The van der Waals surface area contributed by atoms with Crippen molar-refractivity contribution >= 4 is 20.9 Å². The Morgan fingerprint density at radius 2 is 2.07 bits per heavy atom. The van der Waals surface area contributed by atoms with Crippen molar-refractivity contribution in [2.75, 3.05) is 0 Å². The van der Waals surface area contributed by atoms with Gasteiger partial charge in [0.15, 0.2) is 0 Å². The molecule has 0 radical (unpaired) electrons. The van der Waals surface area contributed by atoms with E-state index in [-0.39, 0.29) is 5.75 Å². The molecule has 6 heteroatoms. The first kappa shape index (κ1) is 9.17. The molecule has 0 atom stereocenters. The molecule has 1 aromatic carbocycles. The summed E-state index contributed by atoms with van der Waals surface area (Å²) < 4.78 is 21.7. The van der Waals surface area contributed by atoms with Crippen molar-refractivity contribution in [2.24, 2.45) is 5.14 Å². The standard InChI is InChI=1S/C8H9N3O2S/c9-14(12,13)5-8-6-3-1-2-4-7(6)10-11-8/h1-4H,5H2,(H,10,11)(H2,9,12,13). The highest BCUT2D eigenvalue weighted by Gasteiger charge is 2.10. The number of primary sulfonamides is 1. The van der Waals surface area contributed by atoms with Crippen LogP contribution in [-0.2, 0) is 15.8 Å².